The van der Waals surface area contributed by atoms with Gasteiger partial charge in [-0.3, -0.25) is 4.57 Å². The number of aliphatic hydroxyl groups is 1. The first-order chi connectivity index (χ1) is 8.58. The summed E-state index contributed by atoms with van der Waals surface area (Å²) in [4.78, 5) is 15.0. The average molecular weight is 260 g/mol. The molecule has 8 nitrogen and oxygen atoms in total. The van der Waals surface area contributed by atoms with Gasteiger partial charge in [0.1, 0.15) is 11.9 Å². The van der Waals surface area contributed by atoms with Gasteiger partial charge in [-0.05, 0) is 6.07 Å². The number of aromatic nitrogens is 2. The summed E-state index contributed by atoms with van der Waals surface area (Å²) in [5, 5.41) is 17.8. The number of hydrogen-bond donors (Lipinski definition) is 4. The van der Waals surface area contributed by atoms with E-state index in [1.54, 1.807) is 5.48 Å². The molecule has 1 aliphatic heterocycles. The van der Waals surface area contributed by atoms with Crippen molar-refractivity contribution < 1.29 is 19.4 Å². The SMILES string of the molecule is Nc1ccn([C@@H]2O[C@H](CO)[C@H](NO)[C@@H]2F)c(=O)n1. The van der Waals surface area contributed by atoms with Crippen LogP contribution in [0.4, 0.5) is 10.2 Å². The Hall–Kier alpha value is -1.55. The van der Waals surface area contributed by atoms with Crippen molar-refractivity contribution in [2.24, 2.45) is 0 Å². The van der Waals surface area contributed by atoms with Gasteiger partial charge < -0.3 is 20.8 Å². The molecule has 2 heterocycles. The second-order valence-electron chi connectivity index (χ2n) is 3.89. The van der Waals surface area contributed by atoms with Crippen LogP contribution in [0.15, 0.2) is 17.1 Å². The second kappa shape index (κ2) is 4.98. The fourth-order valence-corrected chi connectivity index (χ4v) is 1.87. The Morgan fingerprint density at radius 3 is 2.89 bits per heavy atom. The predicted octanol–water partition coefficient (Wildman–Crippen LogP) is -1.60. The molecule has 9 heteroatoms. The highest BCUT2D eigenvalue weighted by Crippen LogP contribution is 2.30. The molecule has 0 spiro atoms. The number of nitrogens with one attached hydrogen (secondary N) is 1. The van der Waals surface area contributed by atoms with Crippen molar-refractivity contribution in [3.63, 3.8) is 0 Å². The number of alkyl halides is 1. The molecule has 0 aliphatic carbocycles. The highest BCUT2D eigenvalue weighted by Gasteiger charge is 2.46. The molecule has 0 bridgehead atoms. The maximum atomic E-state index is 14.0. The Balaban J connectivity index is 2.32. The molecule has 5 N–H and O–H groups in total. The molecule has 0 unspecified atom stereocenters. The second-order valence-corrected chi connectivity index (χ2v) is 3.89. The zero-order chi connectivity index (χ0) is 13.3. The number of anilines is 1. The minimum atomic E-state index is -1.71. The molecule has 1 aromatic heterocycles. The third-order valence-electron chi connectivity index (χ3n) is 2.78. The summed E-state index contributed by atoms with van der Waals surface area (Å²) < 4.78 is 20.1. The van der Waals surface area contributed by atoms with Crippen LogP contribution in [0.1, 0.15) is 6.23 Å². The molecule has 0 amide bonds. The topological polar surface area (TPSA) is 123 Å². The van der Waals surface area contributed by atoms with E-state index >= 15 is 0 Å². The molecule has 0 aromatic carbocycles. The van der Waals surface area contributed by atoms with E-state index in [-0.39, 0.29) is 5.82 Å². The van der Waals surface area contributed by atoms with Crippen molar-refractivity contribution in [1.29, 1.82) is 0 Å². The predicted molar refractivity (Wildman–Crippen MR) is 57.5 cm³/mol. The molecule has 1 aliphatic rings. The molecule has 1 aromatic rings. The quantitative estimate of drug-likeness (QED) is 0.483. The fraction of sp³-hybridized carbons (Fsp3) is 0.556. The summed E-state index contributed by atoms with van der Waals surface area (Å²) in [6.07, 6.45) is -2.70. The molecule has 0 radical (unpaired) electrons. The Morgan fingerprint density at radius 2 is 2.39 bits per heavy atom. The molecule has 18 heavy (non-hydrogen) atoms. The molecule has 4 atom stereocenters. The smallest absolute Gasteiger partial charge is 0.351 e. The van der Waals surface area contributed by atoms with Crippen LogP contribution in [-0.4, -0.2) is 44.8 Å². The summed E-state index contributed by atoms with van der Waals surface area (Å²) in [5.41, 5.74) is 6.28. The van der Waals surface area contributed by atoms with E-state index in [2.05, 4.69) is 4.98 Å². The van der Waals surface area contributed by atoms with Crippen LogP contribution < -0.4 is 16.9 Å². The lowest BCUT2D eigenvalue weighted by Gasteiger charge is -2.16. The normalized spacial score (nSPS) is 31.7. The average Bonchev–Trinajstić information content (AvgIpc) is 2.66. The highest BCUT2D eigenvalue weighted by atomic mass is 19.1. The van der Waals surface area contributed by atoms with Crippen molar-refractivity contribution in [2.45, 2.75) is 24.5 Å². The van der Waals surface area contributed by atoms with E-state index < -0.39 is 36.8 Å². The lowest BCUT2D eigenvalue weighted by atomic mass is 10.1. The van der Waals surface area contributed by atoms with Crippen LogP contribution in [0.25, 0.3) is 0 Å². The monoisotopic (exact) mass is 260 g/mol. The molecule has 1 fully saturated rings. The number of nitrogen functional groups attached to an aromatic ring is 1. The third kappa shape index (κ3) is 2.08. The van der Waals surface area contributed by atoms with E-state index in [1.807, 2.05) is 0 Å². The largest absolute Gasteiger partial charge is 0.394 e. The maximum absolute atomic E-state index is 14.0. The number of aliphatic hydroxyl groups excluding tert-OH is 1. The van der Waals surface area contributed by atoms with Gasteiger partial charge in [0.2, 0.25) is 0 Å². The van der Waals surface area contributed by atoms with Gasteiger partial charge in [-0.25, -0.2) is 9.18 Å². The van der Waals surface area contributed by atoms with Gasteiger partial charge in [0.25, 0.3) is 0 Å². The van der Waals surface area contributed by atoms with Gasteiger partial charge in [-0.2, -0.15) is 10.5 Å². The molecule has 0 saturated carbocycles. The van der Waals surface area contributed by atoms with Gasteiger partial charge in [-0.15, -0.1) is 0 Å². The summed E-state index contributed by atoms with van der Waals surface area (Å²) >= 11 is 0. The van der Waals surface area contributed by atoms with Crippen LogP contribution in [0.2, 0.25) is 0 Å². The van der Waals surface area contributed by atoms with Crippen LogP contribution in [0, 0.1) is 0 Å². The molecular formula is C9H13FN4O4. The summed E-state index contributed by atoms with van der Waals surface area (Å²) in [5.74, 6) is 0.0141. The van der Waals surface area contributed by atoms with E-state index in [0.717, 1.165) is 4.57 Å². The van der Waals surface area contributed by atoms with Crippen LogP contribution in [0.5, 0.6) is 0 Å². The van der Waals surface area contributed by atoms with Gasteiger partial charge in [0.15, 0.2) is 12.4 Å². The van der Waals surface area contributed by atoms with Gasteiger partial charge in [0.05, 0.1) is 12.6 Å². The van der Waals surface area contributed by atoms with Gasteiger partial charge in [0, 0.05) is 6.20 Å². The van der Waals surface area contributed by atoms with E-state index in [1.165, 1.54) is 12.3 Å². The van der Waals surface area contributed by atoms with Gasteiger partial charge in [-0.1, -0.05) is 0 Å². The molecule has 1 saturated heterocycles. The van der Waals surface area contributed by atoms with Crippen LogP contribution in [0.3, 0.4) is 0 Å². The number of halogens is 1. The van der Waals surface area contributed by atoms with E-state index in [9.17, 15) is 9.18 Å². The summed E-state index contributed by atoms with van der Waals surface area (Å²) in [6, 6.07) is 0.204. The first-order valence-corrected chi connectivity index (χ1v) is 5.23. The van der Waals surface area contributed by atoms with E-state index in [4.69, 9.17) is 20.8 Å². The Labute approximate surface area is 101 Å². The number of rotatable bonds is 3. The van der Waals surface area contributed by atoms with Gasteiger partial charge >= 0.3 is 5.69 Å². The minimum Gasteiger partial charge on any atom is -0.394 e. The van der Waals surface area contributed by atoms with Crippen molar-refractivity contribution in [2.75, 3.05) is 12.3 Å². The Kier molecular flexibility index (Phi) is 3.57. The standard InChI is InChI=1S/C9H13FN4O4/c10-6-7(13-17)4(3-15)18-8(6)14-2-1-5(11)12-9(14)16/h1-2,4,6-8,13,15,17H,3H2,(H2,11,12,16)/t4-,6+,7+,8-/m1/s1. The lowest BCUT2D eigenvalue weighted by Crippen LogP contribution is -2.42. The van der Waals surface area contributed by atoms with Crippen molar-refractivity contribution >= 4 is 5.82 Å². The number of hydrogen-bond acceptors (Lipinski definition) is 7. The van der Waals surface area contributed by atoms with Crippen molar-refractivity contribution in [3.05, 3.63) is 22.7 Å². The third-order valence-corrected chi connectivity index (χ3v) is 2.78. The Morgan fingerprint density at radius 1 is 1.67 bits per heavy atom. The lowest BCUT2D eigenvalue weighted by molar-refractivity contribution is -0.0445. The van der Waals surface area contributed by atoms with Crippen molar-refractivity contribution in [1.82, 2.24) is 15.0 Å². The molecular weight excluding hydrogens is 247 g/mol. The molecule has 100 valence electrons. The fourth-order valence-electron chi connectivity index (χ4n) is 1.87. The highest BCUT2D eigenvalue weighted by molar-refractivity contribution is 5.23. The first kappa shape index (κ1) is 12.9. The summed E-state index contributed by atoms with van der Waals surface area (Å²) in [6.45, 7) is -0.494. The maximum Gasteiger partial charge on any atom is 0.351 e. The van der Waals surface area contributed by atoms with Crippen LogP contribution in [-0.2, 0) is 4.74 Å². The number of nitrogens with zero attached hydrogens (tertiary/aromatic N) is 2. The zero-order valence-corrected chi connectivity index (χ0v) is 9.23. The minimum absolute atomic E-state index is 0.0141. The summed E-state index contributed by atoms with van der Waals surface area (Å²) in [7, 11) is 0. The number of ether oxygens (including phenoxy) is 1. The van der Waals surface area contributed by atoms with Crippen LogP contribution >= 0.6 is 0 Å². The zero-order valence-electron chi connectivity index (χ0n) is 9.23. The molecule has 2 rings (SSSR count). The van der Waals surface area contributed by atoms with Crippen molar-refractivity contribution in [3.8, 4) is 0 Å². The first-order valence-electron chi connectivity index (χ1n) is 5.23. The Bertz CT molecular complexity index is 482. The van der Waals surface area contributed by atoms with E-state index in [0.29, 0.717) is 0 Å². The number of nitrogens with two attached hydrogens (primary N) is 1. The number of hydroxylamine groups is 1.